The molecule has 2 nitrogen and oxygen atoms in total. The van der Waals surface area contributed by atoms with Gasteiger partial charge >= 0.3 is 0 Å². The maximum Gasteiger partial charge on any atom is 0.0473 e. The molecule has 0 saturated carbocycles. The average molecular weight is 282 g/mol. The summed E-state index contributed by atoms with van der Waals surface area (Å²) in [6, 6.07) is 20.2. The fraction of sp³-hybridized carbons (Fsp3) is 0.368. The van der Waals surface area contributed by atoms with Gasteiger partial charge in [0, 0.05) is 18.6 Å². The Morgan fingerprint density at radius 1 is 1.05 bits per heavy atom. The van der Waals surface area contributed by atoms with Crippen LogP contribution in [-0.2, 0) is 6.54 Å². The topological polar surface area (TPSA) is 15.3 Å². The van der Waals surface area contributed by atoms with Gasteiger partial charge in [-0.25, -0.2) is 0 Å². The van der Waals surface area contributed by atoms with E-state index in [1.165, 1.54) is 16.7 Å². The number of rotatable bonds is 6. The van der Waals surface area contributed by atoms with E-state index in [0.717, 1.165) is 6.54 Å². The van der Waals surface area contributed by atoms with Gasteiger partial charge in [-0.15, -0.1) is 0 Å². The van der Waals surface area contributed by atoms with Crippen LogP contribution in [0, 0.1) is 6.92 Å². The molecular formula is C19H26N2. The Morgan fingerprint density at radius 3 is 2.38 bits per heavy atom. The van der Waals surface area contributed by atoms with Crippen molar-refractivity contribution in [3.63, 3.8) is 0 Å². The Balaban J connectivity index is 2.08. The number of likely N-dealkylation sites (N-methyl/N-ethyl adjacent to an activating group) is 2. The lowest BCUT2D eigenvalue weighted by Gasteiger charge is -2.32. The molecule has 2 rings (SSSR count). The zero-order valence-corrected chi connectivity index (χ0v) is 13.5. The molecule has 0 bridgehead atoms. The highest BCUT2D eigenvalue weighted by Gasteiger charge is 2.21. The molecule has 21 heavy (non-hydrogen) atoms. The van der Waals surface area contributed by atoms with Crippen molar-refractivity contribution in [2.75, 3.05) is 14.1 Å². The van der Waals surface area contributed by atoms with Gasteiger partial charge in [-0.05, 0) is 39.1 Å². The van der Waals surface area contributed by atoms with Crippen LogP contribution in [0.15, 0.2) is 54.6 Å². The molecule has 0 saturated heterocycles. The van der Waals surface area contributed by atoms with Crippen LogP contribution in [0.1, 0.15) is 29.7 Å². The van der Waals surface area contributed by atoms with E-state index in [2.05, 4.69) is 85.7 Å². The molecule has 0 aliphatic heterocycles. The van der Waals surface area contributed by atoms with E-state index in [0.29, 0.717) is 12.1 Å². The predicted octanol–water partition coefficient (Wildman–Crippen LogP) is 3.78. The second-order valence-electron chi connectivity index (χ2n) is 5.82. The molecule has 0 aliphatic rings. The minimum Gasteiger partial charge on any atom is -0.312 e. The third kappa shape index (κ3) is 4.16. The first-order chi connectivity index (χ1) is 10.1. The van der Waals surface area contributed by atoms with Crippen molar-refractivity contribution < 1.29 is 0 Å². The molecule has 2 atom stereocenters. The monoisotopic (exact) mass is 282 g/mol. The summed E-state index contributed by atoms with van der Waals surface area (Å²) in [5, 5.41) is 3.45. The third-order valence-electron chi connectivity index (χ3n) is 4.16. The smallest absolute Gasteiger partial charge is 0.0473 e. The summed E-state index contributed by atoms with van der Waals surface area (Å²) in [4.78, 5) is 2.41. The first-order valence-corrected chi connectivity index (χ1v) is 7.60. The molecule has 2 heteroatoms. The lowest BCUT2D eigenvalue weighted by molar-refractivity contribution is 0.204. The van der Waals surface area contributed by atoms with Gasteiger partial charge < -0.3 is 5.32 Å². The highest BCUT2D eigenvalue weighted by molar-refractivity contribution is 5.23. The van der Waals surface area contributed by atoms with Crippen molar-refractivity contribution in [1.82, 2.24) is 10.2 Å². The summed E-state index contributed by atoms with van der Waals surface area (Å²) in [5.74, 6) is 0. The van der Waals surface area contributed by atoms with Crippen LogP contribution in [0.2, 0.25) is 0 Å². The third-order valence-corrected chi connectivity index (χ3v) is 4.16. The van der Waals surface area contributed by atoms with Gasteiger partial charge in [-0.2, -0.15) is 0 Å². The average Bonchev–Trinajstić information content (AvgIpc) is 2.49. The Hall–Kier alpha value is -1.64. The normalized spacial score (nSPS) is 14.1. The number of hydrogen-bond donors (Lipinski definition) is 1. The quantitative estimate of drug-likeness (QED) is 0.867. The van der Waals surface area contributed by atoms with Crippen molar-refractivity contribution in [3.8, 4) is 0 Å². The van der Waals surface area contributed by atoms with Crippen LogP contribution in [0.5, 0.6) is 0 Å². The largest absolute Gasteiger partial charge is 0.312 e. The van der Waals surface area contributed by atoms with E-state index in [1.807, 2.05) is 7.05 Å². The SMILES string of the molecule is CNC(c1ccccc1)C(C)N(C)Cc1cccc(C)c1. The molecular weight excluding hydrogens is 256 g/mol. The summed E-state index contributed by atoms with van der Waals surface area (Å²) in [6.45, 7) is 5.39. The minimum absolute atomic E-state index is 0.334. The zero-order chi connectivity index (χ0) is 15.2. The standard InChI is InChI=1S/C19H26N2/c1-15-9-8-10-17(13-15)14-21(4)16(2)19(20-3)18-11-6-5-7-12-18/h5-13,16,19-20H,14H2,1-4H3. The minimum atomic E-state index is 0.334. The first kappa shape index (κ1) is 15.7. The summed E-state index contributed by atoms with van der Waals surface area (Å²) in [6.07, 6.45) is 0. The van der Waals surface area contributed by atoms with Gasteiger partial charge in [-0.1, -0.05) is 60.2 Å². The van der Waals surface area contributed by atoms with Crippen LogP contribution in [0.25, 0.3) is 0 Å². The van der Waals surface area contributed by atoms with Crippen LogP contribution in [-0.4, -0.2) is 25.0 Å². The summed E-state index contributed by atoms with van der Waals surface area (Å²) in [5.41, 5.74) is 4.03. The fourth-order valence-electron chi connectivity index (χ4n) is 2.84. The highest BCUT2D eigenvalue weighted by atomic mass is 15.2. The lowest BCUT2D eigenvalue weighted by Crippen LogP contribution is -2.39. The van der Waals surface area contributed by atoms with Gasteiger partial charge in [0.05, 0.1) is 0 Å². The number of nitrogens with zero attached hydrogens (tertiary/aromatic N) is 1. The summed E-state index contributed by atoms with van der Waals surface area (Å²) < 4.78 is 0. The molecule has 0 aliphatic carbocycles. The van der Waals surface area contributed by atoms with Crippen LogP contribution < -0.4 is 5.32 Å². The van der Waals surface area contributed by atoms with E-state index in [-0.39, 0.29) is 0 Å². The van der Waals surface area contributed by atoms with Crippen molar-refractivity contribution >= 4 is 0 Å². The first-order valence-electron chi connectivity index (χ1n) is 7.60. The molecule has 1 N–H and O–H groups in total. The van der Waals surface area contributed by atoms with Crippen LogP contribution >= 0.6 is 0 Å². The van der Waals surface area contributed by atoms with Crippen molar-refractivity contribution in [1.29, 1.82) is 0 Å². The zero-order valence-electron chi connectivity index (χ0n) is 13.5. The Morgan fingerprint density at radius 2 is 1.76 bits per heavy atom. The molecule has 112 valence electrons. The molecule has 0 spiro atoms. The molecule has 0 aromatic heterocycles. The predicted molar refractivity (Wildman–Crippen MR) is 90.4 cm³/mol. The van der Waals surface area contributed by atoms with E-state index >= 15 is 0 Å². The van der Waals surface area contributed by atoms with Gasteiger partial charge in [0.1, 0.15) is 0 Å². The maximum atomic E-state index is 3.45. The van der Waals surface area contributed by atoms with Crippen molar-refractivity contribution in [3.05, 3.63) is 71.3 Å². The van der Waals surface area contributed by atoms with Gasteiger partial charge in [0.15, 0.2) is 0 Å². The van der Waals surface area contributed by atoms with E-state index in [4.69, 9.17) is 0 Å². The Labute approximate surface area is 128 Å². The van der Waals surface area contributed by atoms with Gasteiger partial charge in [-0.3, -0.25) is 4.90 Å². The molecule has 0 radical (unpaired) electrons. The summed E-state index contributed by atoms with van der Waals surface area (Å²) in [7, 11) is 4.23. The Bertz CT molecular complexity index is 551. The fourth-order valence-corrected chi connectivity index (χ4v) is 2.84. The number of benzene rings is 2. The van der Waals surface area contributed by atoms with E-state index in [1.54, 1.807) is 0 Å². The number of nitrogens with one attached hydrogen (secondary N) is 1. The molecule has 2 aromatic rings. The molecule has 0 amide bonds. The van der Waals surface area contributed by atoms with Crippen LogP contribution in [0.3, 0.4) is 0 Å². The molecule has 2 unspecified atom stereocenters. The summed E-state index contributed by atoms with van der Waals surface area (Å²) >= 11 is 0. The van der Waals surface area contributed by atoms with E-state index in [9.17, 15) is 0 Å². The van der Waals surface area contributed by atoms with Crippen molar-refractivity contribution in [2.45, 2.75) is 32.5 Å². The molecule has 0 heterocycles. The highest BCUT2D eigenvalue weighted by Crippen LogP contribution is 2.21. The molecule has 0 fully saturated rings. The number of aryl methyl sites for hydroxylation is 1. The van der Waals surface area contributed by atoms with Crippen LogP contribution in [0.4, 0.5) is 0 Å². The molecule has 2 aromatic carbocycles. The van der Waals surface area contributed by atoms with Gasteiger partial charge in [0.25, 0.3) is 0 Å². The number of hydrogen-bond acceptors (Lipinski definition) is 2. The Kier molecular flexibility index (Phi) is 5.54. The van der Waals surface area contributed by atoms with Crippen molar-refractivity contribution in [2.24, 2.45) is 0 Å². The second kappa shape index (κ2) is 7.39. The second-order valence-corrected chi connectivity index (χ2v) is 5.82. The van der Waals surface area contributed by atoms with E-state index < -0.39 is 0 Å². The maximum absolute atomic E-state index is 3.45. The van der Waals surface area contributed by atoms with Gasteiger partial charge in [0.2, 0.25) is 0 Å². The lowest BCUT2D eigenvalue weighted by atomic mass is 9.99.